The fraction of sp³-hybridized carbons (Fsp3) is 0.400. The van der Waals surface area contributed by atoms with Crippen molar-refractivity contribution in [3.05, 3.63) is 53.1 Å². The van der Waals surface area contributed by atoms with E-state index < -0.39 is 0 Å². The van der Waals surface area contributed by atoms with Crippen LogP contribution in [0.25, 0.3) is 0 Å². The summed E-state index contributed by atoms with van der Waals surface area (Å²) in [5.74, 6) is 0. The summed E-state index contributed by atoms with van der Waals surface area (Å²) < 4.78 is 2.13. The molecule has 0 aliphatic rings. The molecule has 1 aromatic carbocycles. The molecule has 4 nitrogen and oxygen atoms in total. The highest BCUT2D eigenvalue weighted by atomic mass is 35.5. The summed E-state index contributed by atoms with van der Waals surface area (Å²) in [6.45, 7) is 4.31. The molecule has 0 amide bonds. The monoisotopic (exact) mass is 292 g/mol. The zero-order valence-electron chi connectivity index (χ0n) is 12.0. The molecular weight excluding hydrogens is 272 g/mol. The van der Waals surface area contributed by atoms with E-state index in [4.69, 9.17) is 17.3 Å². The Hall–Kier alpha value is -1.36. The molecule has 2 rings (SSSR count). The van der Waals surface area contributed by atoms with Gasteiger partial charge in [0.1, 0.15) is 0 Å². The van der Waals surface area contributed by atoms with E-state index in [-0.39, 0.29) is 6.04 Å². The number of nitrogens with zero attached hydrogens (tertiary/aromatic N) is 3. The first-order chi connectivity index (χ1) is 9.67. The van der Waals surface area contributed by atoms with Gasteiger partial charge in [-0.25, -0.2) is 4.98 Å². The van der Waals surface area contributed by atoms with Crippen molar-refractivity contribution in [3.63, 3.8) is 0 Å². The van der Waals surface area contributed by atoms with Gasteiger partial charge in [0.15, 0.2) is 0 Å². The zero-order chi connectivity index (χ0) is 14.5. The molecule has 0 fully saturated rings. The van der Waals surface area contributed by atoms with Crippen LogP contribution in [0.1, 0.15) is 24.2 Å². The summed E-state index contributed by atoms with van der Waals surface area (Å²) in [6, 6.07) is 8.04. The van der Waals surface area contributed by atoms with Gasteiger partial charge < -0.3 is 10.3 Å². The maximum Gasteiger partial charge on any atom is 0.0948 e. The van der Waals surface area contributed by atoms with Gasteiger partial charge in [0, 0.05) is 30.9 Å². The first kappa shape index (κ1) is 15.0. The van der Waals surface area contributed by atoms with Crippen LogP contribution < -0.4 is 5.73 Å². The normalized spacial score (nSPS) is 12.8. The molecule has 20 heavy (non-hydrogen) atoms. The third-order valence-corrected chi connectivity index (χ3v) is 3.93. The van der Waals surface area contributed by atoms with E-state index in [0.717, 1.165) is 29.4 Å². The molecule has 0 aliphatic carbocycles. The Labute approximate surface area is 125 Å². The Morgan fingerprint density at radius 2 is 2.15 bits per heavy atom. The van der Waals surface area contributed by atoms with Gasteiger partial charge in [0.25, 0.3) is 0 Å². The lowest BCUT2D eigenvalue weighted by Gasteiger charge is -2.28. The third kappa shape index (κ3) is 3.20. The minimum atomic E-state index is 0.133. The van der Waals surface area contributed by atoms with Crippen molar-refractivity contribution in [2.75, 3.05) is 13.6 Å². The minimum Gasteiger partial charge on any atom is -0.333 e. The number of aryl methyl sites for hydroxylation is 1. The molecule has 0 spiro atoms. The Balaban J connectivity index is 2.18. The van der Waals surface area contributed by atoms with Crippen LogP contribution in [0.4, 0.5) is 0 Å². The first-order valence-corrected chi connectivity index (χ1v) is 7.18. The third-order valence-electron chi connectivity index (χ3n) is 3.56. The van der Waals surface area contributed by atoms with E-state index in [1.165, 1.54) is 0 Å². The molecule has 0 aliphatic heterocycles. The van der Waals surface area contributed by atoms with Gasteiger partial charge in [-0.3, -0.25) is 4.90 Å². The number of hydrogen-bond acceptors (Lipinski definition) is 3. The number of hydrogen-bond donors (Lipinski definition) is 1. The van der Waals surface area contributed by atoms with Crippen molar-refractivity contribution in [1.29, 1.82) is 0 Å². The lowest BCUT2D eigenvalue weighted by molar-refractivity contribution is 0.232. The molecule has 5 heteroatoms. The highest BCUT2D eigenvalue weighted by Gasteiger charge is 2.19. The molecule has 1 atom stereocenters. The number of benzene rings is 1. The number of nitrogens with two attached hydrogens (primary N) is 1. The highest BCUT2D eigenvalue weighted by molar-refractivity contribution is 6.31. The number of halogens is 1. The van der Waals surface area contributed by atoms with E-state index in [1.807, 2.05) is 36.8 Å². The molecule has 0 saturated carbocycles. The van der Waals surface area contributed by atoms with Crippen LogP contribution >= 0.6 is 11.6 Å². The molecule has 1 unspecified atom stereocenters. The topological polar surface area (TPSA) is 47.1 Å². The smallest absolute Gasteiger partial charge is 0.0948 e. The van der Waals surface area contributed by atoms with Gasteiger partial charge in [-0.2, -0.15) is 0 Å². The van der Waals surface area contributed by atoms with Gasteiger partial charge in [0.2, 0.25) is 0 Å². The lowest BCUT2D eigenvalue weighted by Crippen LogP contribution is -2.31. The highest BCUT2D eigenvalue weighted by Crippen LogP contribution is 2.23. The van der Waals surface area contributed by atoms with Gasteiger partial charge >= 0.3 is 0 Å². The maximum absolute atomic E-state index is 6.22. The molecule has 0 saturated heterocycles. The Morgan fingerprint density at radius 3 is 2.80 bits per heavy atom. The minimum absolute atomic E-state index is 0.133. The second kappa shape index (κ2) is 6.88. The van der Waals surface area contributed by atoms with E-state index in [9.17, 15) is 0 Å². The molecule has 1 aromatic heterocycles. The molecule has 2 aromatic rings. The summed E-state index contributed by atoms with van der Waals surface area (Å²) >= 11 is 6.22. The molecule has 0 bridgehead atoms. The van der Waals surface area contributed by atoms with Crippen molar-refractivity contribution in [3.8, 4) is 0 Å². The van der Waals surface area contributed by atoms with Crippen molar-refractivity contribution in [1.82, 2.24) is 14.5 Å². The van der Waals surface area contributed by atoms with E-state index >= 15 is 0 Å². The quantitative estimate of drug-likeness (QED) is 0.890. The number of imidazole rings is 1. The Kier molecular flexibility index (Phi) is 5.17. The zero-order valence-corrected chi connectivity index (χ0v) is 12.7. The summed E-state index contributed by atoms with van der Waals surface area (Å²) in [6.07, 6.45) is 3.74. The lowest BCUT2D eigenvalue weighted by atomic mass is 10.1. The number of aromatic nitrogens is 2. The van der Waals surface area contributed by atoms with E-state index in [0.29, 0.717) is 6.54 Å². The average Bonchev–Trinajstić information content (AvgIpc) is 2.90. The SMILES string of the molecule is CCn1cncc1C(CN)N(C)Cc1ccccc1Cl. The van der Waals surface area contributed by atoms with E-state index in [1.54, 1.807) is 0 Å². The second-order valence-corrected chi connectivity index (χ2v) is 5.27. The van der Waals surface area contributed by atoms with Crippen LogP contribution in [0.5, 0.6) is 0 Å². The summed E-state index contributed by atoms with van der Waals surface area (Å²) in [5.41, 5.74) is 8.22. The van der Waals surface area contributed by atoms with Crippen molar-refractivity contribution < 1.29 is 0 Å². The molecule has 1 heterocycles. The first-order valence-electron chi connectivity index (χ1n) is 6.81. The molecule has 0 radical (unpaired) electrons. The fourth-order valence-electron chi connectivity index (χ4n) is 2.40. The fourth-order valence-corrected chi connectivity index (χ4v) is 2.60. The summed E-state index contributed by atoms with van der Waals surface area (Å²) in [5, 5.41) is 0.791. The van der Waals surface area contributed by atoms with Gasteiger partial charge in [-0.15, -0.1) is 0 Å². The van der Waals surface area contributed by atoms with Gasteiger partial charge in [-0.05, 0) is 25.6 Å². The summed E-state index contributed by atoms with van der Waals surface area (Å²) in [7, 11) is 2.06. The largest absolute Gasteiger partial charge is 0.333 e. The van der Waals surface area contributed by atoms with E-state index in [2.05, 4.69) is 28.4 Å². The maximum atomic E-state index is 6.22. The molecule has 108 valence electrons. The number of likely N-dealkylation sites (N-methyl/N-ethyl adjacent to an activating group) is 1. The van der Waals surface area contributed by atoms with Crippen LogP contribution in [0.15, 0.2) is 36.8 Å². The molecule has 2 N–H and O–H groups in total. The van der Waals surface area contributed by atoms with Crippen LogP contribution in [0.3, 0.4) is 0 Å². The van der Waals surface area contributed by atoms with Crippen LogP contribution in [0, 0.1) is 0 Å². The predicted molar refractivity (Wildman–Crippen MR) is 82.6 cm³/mol. The second-order valence-electron chi connectivity index (χ2n) is 4.86. The Morgan fingerprint density at radius 1 is 1.40 bits per heavy atom. The summed E-state index contributed by atoms with van der Waals surface area (Å²) in [4.78, 5) is 6.44. The van der Waals surface area contributed by atoms with Crippen molar-refractivity contribution in [2.45, 2.75) is 26.1 Å². The average molecular weight is 293 g/mol. The predicted octanol–water partition coefficient (Wildman–Crippen LogP) is 2.69. The van der Waals surface area contributed by atoms with Gasteiger partial charge in [-0.1, -0.05) is 29.8 Å². The Bertz CT molecular complexity index is 552. The van der Waals surface area contributed by atoms with Crippen LogP contribution in [0.2, 0.25) is 5.02 Å². The van der Waals surface area contributed by atoms with Crippen molar-refractivity contribution >= 4 is 11.6 Å². The molecular formula is C15H21ClN4. The standard InChI is InChI=1S/C15H21ClN4/c1-3-20-11-18-9-15(20)14(8-17)19(2)10-12-6-4-5-7-13(12)16/h4-7,9,11,14H,3,8,10,17H2,1-2H3. The van der Waals surface area contributed by atoms with Gasteiger partial charge in [0.05, 0.1) is 18.1 Å². The van der Waals surface area contributed by atoms with Crippen LogP contribution in [-0.2, 0) is 13.1 Å². The van der Waals surface area contributed by atoms with Crippen LogP contribution in [-0.4, -0.2) is 28.0 Å². The number of rotatable bonds is 6. The van der Waals surface area contributed by atoms with Crippen molar-refractivity contribution in [2.24, 2.45) is 5.73 Å².